The highest BCUT2D eigenvalue weighted by molar-refractivity contribution is 7.89. The third kappa shape index (κ3) is 5.07. The zero-order valence-corrected chi connectivity index (χ0v) is 12.8. The molecule has 0 bridgehead atoms. The highest BCUT2D eigenvalue weighted by Gasteiger charge is 2.21. The van der Waals surface area contributed by atoms with Crippen LogP contribution in [0.4, 0.5) is 0 Å². The molecule has 0 atom stereocenters. The molecule has 1 aromatic heterocycles. The molecule has 0 spiro atoms. The van der Waals surface area contributed by atoms with Gasteiger partial charge in [0.15, 0.2) is 0 Å². The van der Waals surface area contributed by atoms with E-state index in [0.717, 1.165) is 6.54 Å². The third-order valence-corrected chi connectivity index (χ3v) is 4.26. The Morgan fingerprint density at radius 3 is 2.68 bits per heavy atom. The maximum atomic E-state index is 11.9. The van der Waals surface area contributed by atoms with E-state index in [-0.39, 0.29) is 16.7 Å². The van der Waals surface area contributed by atoms with E-state index in [2.05, 4.69) is 9.71 Å². The molecule has 0 saturated carbocycles. The predicted octanol–water partition coefficient (Wildman–Crippen LogP) is -0.0700. The average Bonchev–Trinajstić information content (AvgIpc) is 2.65. The summed E-state index contributed by atoms with van der Waals surface area (Å²) in [6, 6.07) is 0. The zero-order chi connectivity index (χ0) is 14.5. The molecule has 0 aliphatic rings. The number of hydrogen-bond donors (Lipinski definition) is 1. The Morgan fingerprint density at radius 1 is 1.47 bits per heavy atom. The number of ether oxygens (including phenoxy) is 1. The van der Waals surface area contributed by atoms with E-state index in [9.17, 15) is 8.42 Å². The lowest BCUT2D eigenvalue weighted by atomic mass is 10.6. The van der Waals surface area contributed by atoms with Crippen molar-refractivity contribution in [2.75, 3.05) is 40.4 Å². The average molecular weight is 311 g/mol. The maximum Gasteiger partial charge on any atom is 0.261 e. The lowest BCUT2D eigenvalue weighted by Crippen LogP contribution is -2.29. The second kappa shape index (κ2) is 7.20. The van der Waals surface area contributed by atoms with Crippen molar-refractivity contribution in [1.82, 2.24) is 19.2 Å². The van der Waals surface area contributed by atoms with Gasteiger partial charge in [-0.2, -0.15) is 0 Å². The third-order valence-electron chi connectivity index (χ3n) is 2.31. The molecule has 1 rings (SSSR count). The van der Waals surface area contributed by atoms with E-state index in [1.54, 1.807) is 7.05 Å². The molecule has 7 nitrogen and oxygen atoms in total. The fourth-order valence-corrected chi connectivity index (χ4v) is 2.68. The number of sulfonamides is 1. The van der Waals surface area contributed by atoms with Gasteiger partial charge in [-0.1, -0.05) is 11.6 Å². The summed E-state index contributed by atoms with van der Waals surface area (Å²) in [5, 5.41) is -0.0778. The highest BCUT2D eigenvalue weighted by Crippen LogP contribution is 2.17. The highest BCUT2D eigenvalue weighted by atomic mass is 35.5. The number of nitrogens with zero attached hydrogens (tertiary/aromatic N) is 3. The van der Waals surface area contributed by atoms with Crippen LogP contribution in [0.1, 0.15) is 0 Å². The Hall–Kier alpha value is -0.670. The SMILES string of the molecule is CN(C)CCOCCNS(=O)(=O)c1ncn(C)c1Cl. The number of halogens is 1. The Kier molecular flexibility index (Phi) is 6.21. The lowest BCUT2D eigenvalue weighted by molar-refractivity contribution is 0.122. The van der Waals surface area contributed by atoms with Crippen LogP contribution in [0.15, 0.2) is 11.4 Å². The van der Waals surface area contributed by atoms with Crippen molar-refractivity contribution in [3.63, 3.8) is 0 Å². The number of nitrogens with one attached hydrogen (secondary N) is 1. The summed E-state index contributed by atoms with van der Waals surface area (Å²) in [5.74, 6) is 0. The Balaban J connectivity index is 2.38. The van der Waals surface area contributed by atoms with Crippen LogP contribution in [-0.2, 0) is 21.8 Å². The van der Waals surface area contributed by atoms with Gasteiger partial charge in [0.1, 0.15) is 5.15 Å². The van der Waals surface area contributed by atoms with Crippen molar-refractivity contribution in [2.24, 2.45) is 7.05 Å². The minimum Gasteiger partial charge on any atom is -0.379 e. The van der Waals surface area contributed by atoms with Crippen LogP contribution in [-0.4, -0.2) is 63.3 Å². The molecule has 1 N–H and O–H groups in total. The van der Waals surface area contributed by atoms with Crippen LogP contribution in [0.25, 0.3) is 0 Å². The van der Waals surface area contributed by atoms with Crippen molar-refractivity contribution in [2.45, 2.75) is 5.03 Å². The molecule has 0 amide bonds. The van der Waals surface area contributed by atoms with Crippen molar-refractivity contribution in [1.29, 1.82) is 0 Å². The predicted molar refractivity (Wildman–Crippen MR) is 72.8 cm³/mol. The van der Waals surface area contributed by atoms with E-state index >= 15 is 0 Å². The second-order valence-corrected chi connectivity index (χ2v) is 6.31. The van der Waals surface area contributed by atoms with Crippen molar-refractivity contribution in [3.05, 3.63) is 11.5 Å². The topological polar surface area (TPSA) is 76.5 Å². The summed E-state index contributed by atoms with van der Waals surface area (Å²) >= 11 is 5.84. The van der Waals surface area contributed by atoms with Crippen molar-refractivity contribution in [3.8, 4) is 0 Å². The molecule has 1 heterocycles. The molecule has 0 aromatic carbocycles. The molecule has 0 radical (unpaired) electrons. The molecule has 19 heavy (non-hydrogen) atoms. The van der Waals surface area contributed by atoms with Crippen molar-refractivity contribution < 1.29 is 13.2 Å². The summed E-state index contributed by atoms with van der Waals surface area (Å²) in [6.07, 6.45) is 1.35. The number of rotatable bonds is 8. The van der Waals surface area contributed by atoms with E-state index < -0.39 is 10.0 Å². The van der Waals surface area contributed by atoms with Crippen molar-refractivity contribution >= 4 is 21.6 Å². The normalized spacial score (nSPS) is 12.3. The Labute approximate surface area is 118 Å². The number of imidazole rings is 1. The van der Waals surface area contributed by atoms with Gasteiger partial charge in [-0.05, 0) is 14.1 Å². The summed E-state index contributed by atoms with van der Waals surface area (Å²) < 4.78 is 32.9. The van der Waals surface area contributed by atoms with E-state index in [1.165, 1.54) is 10.9 Å². The van der Waals surface area contributed by atoms with Gasteiger partial charge in [0.05, 0.1) is 19.5 Å². The largest absolute Gasteiger partial charge is 0.379 e. The summed E-state index contributed by atoms with van der Waals surface area (Å²) in [6.45, 7) is 1.83. The molecule has 0 unspecified atom stereocenters. The summed E-state index contributed by atoms with van der Waals surface area (Å²) in [7, 11) is 1.83. The second-order valence-electron chi connectivity index (χ2n) is 4.26. The molecular weight excluding hydrogens is 292 g/mol. The van der Waals surface area contributed by atoms with Crippen LogP contribution in [0.5, 0.6) is 0 Å². The molecule has 110 valence electrons. The van der Waals surface area contributed by atoms with Crippen LogP contribution < -0.4 is 4.72 Å². The summed E-state index contributed by atoms with van der Waals surface area (Å²) in [5.41, 5.74) is 0. The minimum atomic E-state index is -3.68. The first-order chi connectivity index (χ1) is 8.84. The first-order valence-corrected chi connectivity index (χ1v) is 7.59. The quantitative estimate of drug-likeness (QED) is 0.680. The first-order valence-electron chi connectivity index (χ1n) is 5.73. The number of likely N-dealkylation sites (N-methyl/N-ethyl adjacent to an activating group) is 1. The minimum absolute atomic E-state index is 0.0843. The molecule has 0 aliphatic carbocycles. The molecule has 1 aromatic rings. The molecule has 0 fully saturated rings. The van der Waals surface area contributed by atoms with Gasteiger partial charge in [0.2, 0.25) is 5.03 Å². The summed E-state index contributed by atoms with van der Waals surface area (Å²) in [4.78, 5) is 5.74. The standard InChI is InChI=1S/C10H19ClN4O3S/c1-14(2)5-7-18-6-4-13-19(16,17)10-9(11)15(3)8-12-10/h8,13H,4-7H2,1-3H3. The van der Waals surface area contributed by atoms with Gasteiger partial charge in [-0.15, -0.1) is 0 Å². The Bertz CT molecular complexity index is 501. The number of aromatic nitrogens is 2. The molecule has 9 heteroatoms. The van der Waals surface area contributed by atoms with Gasteiger partial charge in [0, 0.05) is 20.1 Å². The molecule has 0 saturated heterocycles. The number of aryl methyl sites for hydroxylation is 1. The Morgan fingerprint density at radius 2 is 2.16 bits per heavy atom. The van der Waals surface area contributed by atoms with E-state index in [1.807, 2.05) is 19.0 Å². The maximum absolute atomic E-state index is 11.9. The van der Waals surface area contributed by atoms with Crippen LogP contribution >= 0.6 is 11.6 Å². The fraction of sp³-hybridized carbons (Fsp3) is 0.700. The monoisotopic (exact) mass is 310 g/mol. The first kappa shape index (κ1) is 16.4. The van der Waals surface area contributed by atoms with E-state index in [0.29, 0.717) is 13.2 Å². The number of hydrogen-bond acceptors (Lipinski definition) is 5. The van der Waals surface area contributed by atoms with Gasteiger partial charge in [0.25, 0.3) is 10.0 Å². The zero-order valence-electron chi connectivity index (χ0n) is 11.3. The van der Waals surface area contributed by atoms with Crippen LogP contribution in [0.2, 0.25) is 5.15 Å². The van der Waals surface area contributed by atoms with Crippen LogP contribution in [0.3, 0.4) is 0 Å². The smallest absolute Gasteiger partial charge is 0.261 e. The van der Waals surface area contributed by atoms with Crippen LogP contribution in [0, 0.1) is 0 Å². The van der Waals surface area contributed by atoms with E-state index in [4.69, 9.17) is 16.3 Å². The molecule has 0 aliphatic heterocycles. The lowest BCUT2D eigenvalue weighted by Gasteiger charge is -2.10. The molecular formula is C10H19ClN4O3S. The van der Waals surface area contributed by atoms with Gasteiger partial charge >= 0.3 is 0 Å². The van der Waals surface area contributed by atoms with Gasteiger partial charge in [-0.25, -0.2) is 18.1 Å². The van der Waals surface area contributed by atoms with Gasteiger partial charge < -0.3 is 14.2 Å². The van der Waals surface area contributed by atoms with Gasteiger partial charge in [-0.3, -0.25) is 0 Å². The fourth-order valence-electron chi connectivity index (χ4n) is 1.24.